The topological polar surface area (TPSA) is 125 Å². The minimum Gasteiger partial charge on any atom is -0.478 e. The number of carbonyl (C=O) groups excluding carboxylic acids is 1. The molecular formula is C17H12N4O4S. The largest absolute Gasteiger partial charge is 0.478 e. The predicted octanol–water partition coefficient (Wildman–Crippen LogP) is 1.96. The van der Waals surface area contributed by atoms with E-state index in [9.17, 15) is 14.4 Å². The van der Waals surface area contributed by atoms with Crippen LogP contribution in [-0.4, -0.2) is 33.2 Å². The van der Waals surface area contributed by atoms with Crippen LogP contribution in [0.25, 0.3) is 10.6 Å². The quantitative estimate of drug-likeness (QED) is 0.469. The van der Waals surface area contributed by atoms with E-state index in [1.54, 1.807) is 24.3 Å². The fourth-order valence-electron chi connectivity index (χ4n) is 2.16. The van der Waals surface area contributed by atoms with Crippen molar-refractivity contribution in [1.29, 1.82) is 0 Å². The number of hydrogen-bond donors (Lipinski definition) is 3. The van der Waals surface area contributed by atoms with Crippen LogP contribution in [0.1, 0.15) is 26.4 Å². The molecule has 0 aliphatic carbocycles. The van der Waals surface area contributed by atoms with Crippen molar-refractivity contribution in [2.45, 2.75) is 0 Å². The van der Waals surface area contributed by atoms with Gasteiger partial charge < -0.3 is 10.1 Å². The molecular weight excluding hydrogens is 356 g/mol. The zero-order valence-corrected chi connectivity index (χ0v) is 14.0. The van der Waals surface area contributed by atoms with Crippen LogP contribution in [0.3, 0.4) is 0 Å². The second-order valence-electron chi connectivity index (χ2n) is 5.05. The van der Waals surface area contributed by atoms with Gasteiger partial charge in [-0.05, 0) is 23.6 Å². The van der Waals surface area contributed by atoms with Crippen LogP contribution in [0.15, 0.2) is 57.7 Å². The normalized spacial score (nSPS) is 10.8. The van der Waals surface area contributed by atoms with Gasteiger partial charge in [0.05, 0.1) is 22.3 Å². The number of aromatic nitrogens is 2. The molecule has 0 saturated carbocycles. The summed E-state index contributed by atoms with van der Waals surface area (Å²) in [5.41, 5.74) is 2.36. The van der Waals surface area contributed by atoms with Crippen LogP contribution in [0.2, 0.25) is 0 Å². The summed E-state index contributed by atoms with van der Waals surface area (Å²) in [5, 5.41) is 14.7. The maximum Gasteiger partial charge on any atom is 0.346 e. The number of carbonyl (C=O) groups is 2. The molecule has 0 saturated heterocycles. The Bertz CT molecular complexity index is 1040. The Morgan fingerprint density at radius 1 is 1.23 bits per heavy atom. The molecule has 0 atom stereocenters. The monoisotopic (exact) mass is 368 g/mol. The minimum atomic E-state index is -1.10. The second kappa shape index (κ2) is 7.53. The van der Waals surface area contributed by atoms with E-state index in [1.807, 2.05) is 11.4 Å². The van der Waals surface area contributed by atoms with E-state index >= 15 is 0 Å². The molecule has 3 rings (SSSR count). The van der Waals surface area contributed by atoms with Gasteiger partial charge in [-0.1, -0.05) is 24.3 Å². The Labute approximate surface area is 150 Å². The lowest BCUT2D eigenvalue weighted by Gasteiger charge is -2.02. The number of H-pyrrole nitrogens is 1. The number of nitrogens with one attached hydrogen (secondary N) is 2. The van der Waals surface area contributed by atoms with E-state index in [2.05, 4.69) is 20.5 Å². The minimum absolute atomic E-state index is 0.0553. The molecule has 0 unspecified atom stereocenters. The highest BCUT2D eigenvalue weighted by molar-refractivity contribution is 7.13. The third kappa shape index (κ3) is 3.90. The van der Waals surface area contributed by atoms with E-state index < -0.39 is 17.6 Å². The lowest BCUT2D eigenvalue weighted by Crippen LogP contribution is -2.24. The summed E-state index contributed by atoms with van der Waals surface area (Å²) in [6, 6.07) is 11.3. The summed E-state index contributed by atoms with van der Waals surface area (Å²) in [7, 11) is 0. The highest BCUT2D eigenvalue weighted by Crippen LogP contribution is 2.21. The number of thiophene rings is 1. The first kappa shape index (κ1) is 17.2. The number of aromatic carboxylic acids is 1. The second-order valence-corrected chi connectivity index (χ2v) is 6.00. The number of benzene rings is 1. The zero-order chi connectivity index (χ0) is 18.5. The van der Waals surface area contributed by atoms with Crippen molar-refractivity contribution in [2.24, 2.45) is 5.10 Å². The Morgan fingerprint density at radius 3 is 2.77 bits per heavy atom. The van der Waals surface area contributed by atoms with Gasteiger partial charge in [0.15, 0.2) is 0 Å². The predicted molar refractivity (Wildman–Crippen MR) is 96.6 cm³/mol. The lowest BCUT2D eigenvalue weighted by molar-refractivity contribution is 0.0696. The number of nitrogens with zero attached hydrogens (tertiary/aromatic N) is 2. The molecule has 0 fully saturated rings. The standard InChI is InChI=1S/C17H12N4O4S/c22-15(21-18-9-10-4-1-2-5-11(10)16(23)24)13-8-12(19-17(25)20-13)14-6-3-7-26-14/h1-9H,(H,21,22)(H,23,24)(H,19,20,25)/b18-9+. The molecule has 1 amide bonds. The maximum absolute atomic E-state index is 12.2. The number of rotatable bonds is 5. The maximum atomic E-state index is 12.2. The molecule has 0 radical (unpaired) electrons. The molecule has 0 spiro atoms. The summed E-state index contributed by atoms with van der Waals surface area (Å²) in [6.07, 6.45) is 1.22. The molecule has 26 heavy (non-hydrogen) atoms. The number of aromatic amines is 1. The highest BCUT2D eigenvalue weighted by atomic mass is 32.1. The van der Waals surface area contributed by atoms with Crippen LogP contribution in [0.5, 0.6) is 0 Å². The van der Waals surface area contributed by atoms with Gasteiger partial charge in [0.2, 0.25) is 0 Å². The summed E-state index contributed by atoms with van der Waals surface area (Å²) in [4.78, 5) is 42.0. The average Bonchev–Trinajstić information content (AvgIpc) is 3.16. The van der Waals surface area contributed by atoms with Gasteiger partial charge in [-0.25, -0.2) is 15.0 Å². The number of carboxylic acid groups (broad SMARTS) is 1. The third-order valence-corrected chi connectivity index (χ3v) is 4.23. The Balaban J connectivity index is 1.79. The summed E-state index contributed by atoms with van der Waals surface area (Å²) >= 11 is 1.41. The van der Waals surface area contributed by atoms with Gasteiger partial charge in [0, 0.05) is 5.56 Å². The van der Waals surface area contributed by atoms with Crippen molar-refractivity contribution >= 4 is 29.4 Å². The van der Waals surface area contributed by atoms with E-state index in [4.69, 9.17) is 5.11 Å². The first-order chi connectivity index (χ1) is 12.5. The summed E-state index contributed by atoms with van der Waals surface area (Å²) in [5.74, 6) is -1.78. The zero-order valence-electron chi connectivity index (χ0n) is 13.2. The van der Waals surface area contributed by atoms with Gasteiger partial charge in [-0.15, -0.1) is 11.3 Å². The molecule has 130 valence electrons. The van der Waals surface area contributed by atoms with Crippen molar-refractivity contribution in [3.8, 4) is 10.6 Å². The molecule has 2 aromatic heterocycles. The van der Waals surface area contributed by atoms with E-state index in [0.717, 1.165) is 4.88 Å². The van der Waals surface area contributed by atoms with Crippen LogP contribution in [0, 0.1) is 0 Å². The van der Waals surface area contributed by atoms with Crippen LogP contribution < -0.4 is 11.1 Å². The van der Waals surface area contributed by atoms with E-state index in [1.165, 1.54) is 29.7 Å². The van der Waals surface area contributed by atoms with E-state index in [0.29, 0.717) is 11.3 Å². The number of amides is 1. The highest BCUT2D eigenvalue weighted by Gasteiger charge is 2.11. The Hall–Kier alpha value is -3.59. The SMILES string of the molecule is O=C(N/N=C/c1ccccc1C(=O)O)c1cc(-c2cccs2)[nH]c(=O)n1. The Morgan fingerprint density at radius 2 is 2.04 bits per heavy atom. The van der Waals surface area contributed by atoms with Crippen LogP contribution >= 0.6 is 11.3 Å². The number of hydrazone groups is 1. The van der Waals surface area contributed by atoms with E-state index in [-0.39, 0.29) is 11.3 Å². The van der Waals surface area contributed by atoms with Crippen LogP contribution in [-0.2, 0) is 0 Å². The van der Waals surface area contributed by atoms with Gasteiger partial charge >= 0.3 is 11.7 Å². The molecule has 9 heteroatoms. The fourth-order valence-corrected chi connectivity index (χ4v) is 2.86. The van der Waals surface area contributed by atoms with Crippen molar-refractivity contribution in [3.63, 3.8) is 0 Å². The number of carboxylic acids is 1. The van der Waals surface area contributed by atoms with Crippen molar-refractivity contribution in [1.82, 2.24) is 15.4 Å². The van der Waals surface area contributed by atoms with Gasteiger partial charge in [-0.2, -0.15) is 10.1 Å². The van der Waals surface area contributed by atoms with Crippen molar-refractivity contribution in [3.05, 3.63) is 75.1 Å². The summed E-state index contributed by atoms with van der Waals surface area (Å²) < 4.78 is 0. The Kier molecular flexibility index (Phi) is 4.99. The molecule has 3 aromatic rings. The molecule has 3 N–H and O–H groups in total. The molecule has 2 heterocycles. The molecule has 1 aromatic carbocycles. The smallest absolute Gasteiger partial charge is 0.346 e. The molecule has 0 aliphatic rings. The van der Waals surface area contributed by atoms with Gasteiger partial charge in [0.1, 0.15) is 5.69 Å². The molecule has 8 nitrogen and oxygen atoms in total. The third-order valence-electron chi connectivity index (χ3n) is 3.32. The molecule has 0 aliphatic heterocycles. The first-order valence-corrected chi connectivity index (χ1v) is 8.23. The van der Waals surface area contributed by atoms with Crippen molar-refractivity contribution in [2.75, 3.05) is 0 Å². The van der Waals surface area contributed by atoms with Gasteiger partial charge in [-0.3, -0.25) is 4.79 Å². The average molecular weight is 368 g/mol. The fraction of sp³-hybridized carbons (Fsp3) is 0. The van der Waals surface area contributed by atoms with Crippen molar-refractivity contribution < 1.29 is 14.7 Å². The van der Waals surface area contributed by atoms with Gasteiger partial charge in [0.25, 0.3) is 5.91 Å². The first-order valence-electron chi connectivity index (χ1n) is 7.35. The molecule has 0 bridgehead atoms. The van der Waals surface area contributed by atoms with Crippen LogP contribution in [0.4, 0.5) is 0 Å². The lowest BCUT2D eigenvalue weighted by atomic mass is 10.1. The number of hydrogen-bond acceptors (Lipinski definition) is 6. The summed E-state index contributed by atoms with van der Waals surface area (Å²) in [6.45, 7) is 0.